The third kappa shape index (κ3) is 12.1. The molecule has 0 unspecified atom stereocenters. The van der Waals surface area contributed by atoms with Gasteiger partial charge in [0.1, 0.15) is 37.9 Å². The lowest BCUT2D eigenvalue weighted by molar-refractivity contribution is 0.00708. The first kappa shape index (κ1) is 38.9. The summed E-state index contributed by atoms with van der Waals surface area (Å²) in [7, 11) is 3.21. The number of fused-ring (bicyclic) bond motifs is 1. The standard InChI is InChI=1S/C42H46N2O11/c1-45-39-21-31(25-43-27-35-5-3-11-50-35)7-9-37(39)54-29-33-23-41-42(53-20-18-49-16-14-47-13-15-48-17-19-52-41)24-34(33)30-55-38-10-8-32(22-40(38)46-2)26-44-28-36-6-4-12-51-36/h3-12,21-26H,13-20,27-30H2,1-2H3. The number of methoxy groups -OCH3 is 2. The molecule has 1 aliphatic rings. The average Bonchev–Trinajstić information content (AvgIpc) is 3.94. The van der Waals surface area contributed by atoms with Gasteiger partial charge in [-0.3, -0.25) is 9.98 Å². The van der Waals surface area contributed by atoms with Crippen molar-refractivity contribution in [2.75, 3.05) is 67.1 Å². The van der Waals surface area contributed by atoms with Crippen molar-refractivity contribution >= 4 is 12.4 Å². The largest absolute Gasteiger partial charge is 0.493 e. The molecule has 3 heterocycles. The van der Waals surface area contributed by atoms with Crippen molar-refractivity contribution in [3.05, 3.63) is 119 Å². The lowest BCUT2D eigenvalue weighted by Gasteiger charge is -2.19. The second kappa shape index (κ2) is 21.2. The number of rotatable bonds is 14. The average molecular weight is 755 g/mol. The molecule has 0 radical (unpaired) electrons. The van der Waals surface area contributed by atoms with Crippen molar-refractivity contribution in [2.45, 2.75) is 26.3 Å². The highest BCUT2D eigenvalue weighted by atomic mass is 16.6. The molecule has 5 aromatic rings. The molecule has 0 saturated carbocycles. The predicted octanol–water partition coefficient (Wildman–Crippen LogP) is 7.11. The van der Waals surface area contributed by atoms with Crippen LogP contribution in [0.25, 0.3) is 0 Å². The summed E-state index contributed by atoms with van der Waals surface area (Å²) in [6, 6.07) is 22.6. The molecule has 0 amide bonds. The van der Waals surface area contributed by atoms with E-state index in [9.17, 15) is 0 Å². The van der Waals surface area contributed by atoms with Gasteiger partial charge in [-0.25, -0.2) is 0 Å². The fourth-order valence-electron chi connectivity index (χ4n) is 5.47. The van der Waals surface area contributed by atoms with Crippen molar-refractivity contribution in [3.63, 3.8) is 0 Å². The zero-order valence-electron chi connectivity index (χ0n) is 31.1. The Labute approximate surface area is 320 Å². The van der Waals surface area contributed by atoms with Crippen LogP contribution in [-0.2, 0) is 40.5 Å². The zero-order valence-corrected chi connectivity index (χ0v) is 31.1. The molecule has 6 rings (SSSR count). The summed E-state index contributed by atoms with van der Waals surface area (Å²) in [6.07, 6.45) is 6.80. The van der Waals surface area contributed by atoms with E-state index in [0.29, 0.717) is 100 Å². The lowest BCUT2D eigenvalue weighted by atomic mass is 10.1. The number of aliphatic imine (C=N–C) groups is 2. The van der Waals surface area contributed by atoms with E-state index in [4.69, 9.17) is 51.5 Å². The van der Waals surface area contributed by atoms with E-state index in [1.165, 1.54) is 0 Å². The van der Waals surface area contributed by atoms with Gasteiger partial charge in [0.25, 0.3) is 0 Å². The lowest BCUT2D eigenvalue weighted by Crippen LogP contribution is -2.13. The van der Waals surface area contributed by atoms with Crippen LogP contribution >= 0.6 is 0 Å². The van der Waals surface area contributed by atoms with E-state index in [2.05, 4.69) is 9.98 Å². The summed E-state index contributed by atoms with van der Waals surface area (Å²) in [5.41, 5.74) is 3.35. The van der Waals surface area contributed by atoms with Gasteiger partial charge in [-0.1, -0.05) is 0 Å². The molecule has 3 aromatic carbocycles. The molecule has 13 nitrogen and oxygen atoms in total. The molecule has 0 aliphatic carbocycles. The van der Waals surface area contributed by atoms with Gasteiger partial charge in [-0.2, -0.15) is 0 Å². The SMILES string of the molecule is COc1cc(C=NCc2ccco2)ccc1OCc1cc2c(cc1COc1ccc(C=NCc3ccco3)cc1OC)OCCOCCOCCOCCO2. The number of ether oxygens (including phenoxy) is 9. The highest BCUT2D eigenvalue weighted by Gasteiger charge is 2.17. The maximum Gasteiger partial charge on any atom is 0.161 e. The van der Waals surface area contributed by atoms with Crippen molar-refractivity contribution in [3.8, 4) is 34.5 Å². The van der Waals surface area contributed by atoms with Gasteiger partial charge < -0.3 is 51.5 Å². The minimum atomic E-state index is 0.177. The summed E-state index contributed by atoms with van der Waals surface area (Å²) in [6.45, 7) is 4.51. The highest BCUT2D eigenvalue weighted by molar-refractivity contribution is 5.81. The Morgan fingerprint density at radius 1 is 0.527 bits per heavy atom. The number of furan rings is 2. The molecule has 55 heavy (non-hydrogen) atoms. The summed E-state index contributed by atoms with van der Waals surface area (Å²) >= 11 is 0. The normalized spacial score (nSPS) is 14.4. The fourth-order valence-corrected chi connectivity index (χ4v) is 5.47. The van der Waals surface area contributed by atoms with Gasteiger partial charge in [-0.15, -0.1) is 0 Å². The summed E-state index contributed by atoms with van der Waals surface area (Å²) < 4.78 is 64.2. The number of benzene rings is 3. The topological polar surface area (TPSA) is 134 Å². The van der Waals surface area contributed by atoms with Crippen LogP contribution in [0.3, 0.4) is 0 Å². The van der Waals surface area contributed by atoms with Crippen LogP contribution in [-0.4, -0.2) is 79.5 Å². The van der Waals surface area contributed by atoms with E-state index >= 15 is 0 Å². The molecule has 1 aliphatic heterocycles. The molecule has 0 spiro atoms. The zero-order chi connectivity index (χ0) is 37.9. The van der Waals surface area contributed by atoms with Crippen LogP contribution < -0.4 is 28.4 Å². The second-order valence-electron chi connectivity index (χ2n) is 12.1. The van der Waals surface area contributed by atoms with Crippen LogP contribution in [0.1, 0.15) is 33.8 Å². The molecule has 13 heteroatoms. The molecule has 0 saturated heterocycles. The summed E-state index contributed by atoms with van der Waals surface area (Å²) in [5.74, 6) is 4.90. The van der Waals surface area contributed by atoms with Gasteiger partial charge in [0.2, 0.25) is 0 Å². The number of hydrogen-bond acceptors (Lipinski definition) is 13. The Kier molecular flexibility index (Phi) is 15.0. The van der Waals surface area contributed by atoms with Gasteiger partial charge in [0.05, 0.1) is 79.5 Å². The molecule has 0 N–H and O–H groups in total. The molecule has 0 atom stereocenters. The third-order valence-electron chi connectivity index (χ3n) is 8.26. The number of hydrogen-bond donors (Lipinski definition) is 0. The van der Waals surface area contributed by atoms with Crippen LogP contribution in [0.2, 0.25) is 0 Å². The predicted molar refractivity (Wildman–Crippen MR) is 205 cm³/mol. The van der Waals surface area contributed by atoms with Gasteiger partial charge in [0.15, 0.2) is 34.5 Å². The van der Waals surface area contributed by atoms with Gasteiger partial charge in [0, 0.05) is 12.4 Å². The molecule has 290 valence electrons. The first-order valence-electron chi connectivity index (χ1n) is 18.0. The molecule has 0 fully saturated rings. The second-order valence-corrected chi connectivity index (χ2v) is 12.1. The molecule has 0 bridgehead atoms. The first-order valence-corrected chi connectivity index (χ1v) is 18.0. The summed E-state index contributed by atoms with van der Waals surface area (Å²) in [4.78, 5) is 8.95. The van der Waals surface area contributed by atoms with E-state index in [0.717, 1.165) is 33.8 Å². The highest BCUT2D eigenvalue weighted by Crippen LogP contribution is 2.35. The Hall–Kier alpha value is -5.76. The fraction of sp³-hybridized carbons (Fsp3) is 0.333. The van der Waals surface area contributed by atoms with Crippen LogP contribution in [0, 0.1) is 0 Å². The molecule has 2 aromatic heterocycles. The van der Waals surface area contributed by atoms with Gasteiger partial charge >= 0.3 is 0 Å². The Morgan fingerprint density at radius 2 is 0.964 bits per heavy atom. The van der Waals surface area contributed by atoms with Crippen molar-refractivity contribution in [1.82, 2.24) is 0 Å². The number of nitrogens with zero attached hydrogens (tertiary/aromatic N) is 2. The quantitative estimate of drug-likeness (QED) is 0.107. The van der Waals surface area contributed by atoms with Gasteiger partial charge in [-0.05, 0) is 95.1 Å². The minimum absolute atomic E-state index is 0.177. The van der Waals surface area contributed by atoms with Crippen molar-refractivity contribution in [1.29, 1.82) is 0 Å². The maximum absolute atomic E-state index is 6.38. The maximum atomic E-state index is 6.38. The van der Waals surface area contributed by atoms with E-state index in [-0.39, 0.29) is 13.2 Å². The van der Waals surface area contributed by atoms with E-state index < -0.39 is 0 Å². The Morgan fingerprint density at radius 3 is 1.36 bits per heavy atom. The third-order valence-corrected chi connectivity index (χ3v) is 8.26. The van der Waals surface area contributed by atoms with E-state index in [1.807, 2.05) is 72.8 Å². The Bertz CT molecular complexity index is 1800. The minimum Gasteiger partial charge on any atom is -0.493 e. The smallest absolute Gasteiger partial charge is 0.161 e. The van der Waals surface area contributed by atoms with Crippen LogP contribution in [0.15, 0.2) is 104 Å². The van der Waals surface area contributed by atoms with Crippen LogP contribution in [0.5, 0.6) is 34.5 Å². The molecular weight excluding hydrogens is 708 g/mol. The van der Waals surface area contributed by atoms with Crippen molar-refractivity contribution < 1.29 is 51.5 Å². The van der Waals surface area contributed by atoms with E-state index in [1.54, 1.807) is 39.2 Å². The molecular formula is C42H46N2O11. The first-order chi connectivity index (χ1) is 27.2. The van der Waals surface area contributed by atoms with Crippen LogP contribution in [0.4, 0.5) is 0 Å². The van der Waals surface area contributed by atoms with Crippen molar-refractivity contribution in [2.24, 2.45) is 9.98 Å². The Balaban J connectivity index is 1.21. The monoisotopic (exact) mass is 754 g/mol. The summed E-state index contributed by atoms with van der Waals surface area (Å²) in [5, 5.41) is 0.